The molecule has 1 heterocycles. The lowest BCUT2D eigenvalue weighted by Crippen LogP contribution is -2.10. The maximum Gasteiger partial charge on any atom is 0.267 e. The van der Waals surface area contributed by atoms with Crippen molar-refractivity contribution < 1.29 is 4.39 Å². The minimum absolute atomic E-state index is 0.218. The molecule has 1 aromatic carbocycles. The number of anilines is 2. The van der Waals surface area contributed by atoms with Crippen molar-refractivity contribution in [1.82, 2.24) is 9.97 Å². The van der Waals surface area contributed by atoms with Crippen LogP contribution >= 0.6 is 31.9 Å². The zero-order chi connectivity index (χ0) is 12.4. The molecule has 0 saturated carbocycles. The zero-order valence-electron chi connectivity index (χ0n) is 8.30. The molecule has 0 saturated heterocycles. The van der Waals surface area contributed by atoms with Crippen molar-refractivity contribution in [3.63, 3.8) is 0 Å². The fourth-order valence-corrected chi connectivity index (χ4v) is 1.96. The van der Waals surface area contributed by atoms with E-state index >= 15 is 0 Å². The summed E-state index contributed by atoms with van der Waals surface area (Å²) in [5.41, 5.74) is -0.110. The first-order valence-electron chi connectivity index (χ1n) is 4.54. The minimum atomic E-state index is -0.437. The number of nitrogens with zero attached hydrogens (tertiary/aromatic N) is 1. The Morgan fingerprint density at radius 2 is 2.12 bits per heavy atom. The molecule has 1 aromatic heterocycles. The van der Waals surface area contributed by atoms with Crippen LogP contribution in [0.1, 0.15) is 0 Å². The molecule has 88 valence electrons. The van der Waals surface area contributed by atoms with Gasteiger partial charge in [0.05, 0.1) is 12.0 Å². The van der Waals surface area contributed by atoms with E-state index in [4.69, 9.17) is 0 Å². The van der Waals surface area contributed by atoms with Gasteiger partial charge in [-0.1, -0.05) is 6.07 Å². The Morgan fingerprint density at radius 3 is 2.82 bits per heavy atom. The van der Waals surface area contributed by atoms with E-state index in [0.717, 1.165) is 0 Å². The summed E-state index contributed by atoms with van der Waals surface area (Å²) in [7, 11) is 0. The molecule has 0 aliphatic rings. The lowest BCUT2D eigenvalue weighted by Gasteiger charge is -2.09. The molecule has 0 aliphatic carbocycles. The predicted octanol–water partition coefficient (Wildman–Crippen LogP) is 3.18. The molecule has 0 spiro atoms. The molecule has 0 amide bonds. The molecule has 17 heavy (non-hydrogen) atoms. The number of hydrogen-bond acceptors (Lipinski definition) is 3. The van der Waals surface area contributed by atoms with Gasteiger partial charge in [-0.05, 0) is 44.0 Å². The fourth-order valence-electron chi connectivity index (χ4n) is 1.21. The van der Waals surface area contributed by atoms with Gasteiger partial charge in [-0.25, -0.2) is 9.37 Å². The highest BCUT2D eigenvalue weighted by Crippen LogP contribution is 2.29. The summed E-state index contributed by atoms with van der Waals surface area (Å²) in [5.74, 6) is -0.187. The molecule has 0 fully saturated rings. The summed E-state index contributed by atoms with van der Waals surface area (Å²) in [5, 5.41) is 2.75. The molecule has 0 aliphatic heterocycles. The molecule has 4 nitrogen and oxygen atoms in total. The van der Waals surface area contributed by atoms with Gasteiger partial charge < -0.3 is 10.3 Å². The van der Waals surface area contributed by atoms with Gasteiger partial charge in [-0.2, -0.15) is 0 Å². The van der Waals surface area contributed by atoms with Crippen molar-refractivity contribution in [2.24, 2.45) is 0 Å². The van der Waals surface area contributed by atoms with Crippen LogP contribution in [0.15, 0.2) is 38.3 Å². The van der Waals surface area contributed by atoms with Crippen LogP contribution in [0, 0.1) is 5.82 Å². The second-order valence-electron chi connectivity index (χ2n) is 3.12. The Labute approximate surface area is 113 Å². The van der Waals surface area contributed by atoms with Gasteiger partial charge in [0.25, 0.3) is 5.56 Å². The molecule has 0 unspecified atom stereocenters. The Hall–Kier alpha value is -1.21. The standard InChI is InChI=1S/C10H6Br2FN3O/c11-5-2-1-3-6(13)8(5)16-9-7(12)10(17)15-4-14-9/h1-4H,(H2,14,15,16,17). The highest BCUT2D eigenvalue weighted by atomic mass is 79.9. The van der Waals surface area contributed by atoms with E-state index in [-0.39, 0.29) is 21.5 Å². The second kappa shape index (κ2) is 4.97. The summed E-state index contributed by atoms with van der Waals surface area (Å²) >= 11 is 6.30. The van der Waals surface area contributed by atoms with Crippen molar-refractivity contribution in [3.8, 4) is 0 Å². The lowest BCUT2D eigenvalue weighted by atomic mass is 10.3. The molecule has 0 atom stereocenters. The molecular weight excluding hydrogens is 357 g/mol. The number of aromatic nitrogens is 2. The van der Waals surface area contributed by atoms with E-state index in [1.54, 1.807) is 12.1 Å². The molecule has 2 aromatic rings. The third-order valence-corrected chi connectivity index (χ3v) is 3.40. The van der Waals surface area contributed by atoms with E-state index in [0.29, 0.717) is 4.47 Å². The highest BCUT2D eigenvalue weighted by Gasteiger charge is 2.10. The SMILES string of the molecule is O=c1[nH]cnc(Nc2c(F)cccc2Br)c1Br. The lowest BCUT2D eigenvalue weighted by molar-refractivity contribution is 0.631. The molecule has 2 rings (SSSR count). The topological polar surface area (TPSA) is 57.8 Å². The van der Waals surface area contributed by atoms with E-state index in [2.05, 4.69) is 47.1 Å². The Kier molecular flexibility index (Phi) is 3.58. The van der Waals surface area contributed by atoms with Crippen LogP contribution in [-0.4, -0.2) is 9.97 Å². The van der Waals surface area contributed by atoms with Gasteiger partial charge in [0.15, 0.2) is 5.82 Å². The summed E-state index contributed by atoms with van der Waals surface area (Å²) < 4.78 is 14.3. The number of rotatable bonds is 2. The van der Waals surface area contributed by atoms with Crippen LogP contribution in [0.5, 0.6) is 0 Å². The first kappa shape index (κ1) is 12.3. The van der Waals surface area contributed by atoms with E-state index in [9.17, 15) is 9.18 Å². The fraction of sp³-hybridized carbons (Fsp3) is 0. The van der Waals surface area contributed by atoms with Gasteiger partial charge in [-0.15, -0.1) is 0 Å². The van der Waals surface area contributed by atoms with Crippen LogP contribution in [0.3, 0.4) is 0 Å². The van der Waals surface area contributed by atoms with Crippen molar-refractivity contribution in [2.75, 3.05) is 5.32 Å². The average Bonchev–Trinajstić information content (AvgIpc) is 2.29. The zero-order valence-corrected chi connectivity index (χ0v) is 11.5. The first-order valence-corrected chi connectivity index (χ1v) is 6.12. The summed E-state index contributed by atoms with van der Waals surface area (Å²) in [6, 6.07) is 4.57. The largest absolute Gasteiger partial charge is 0.336 e. The average molecular weight is 363 g/mol. The number of para-hydroxylation sites is 1. The van der Waals surface area contributed by atoms with Crippen molar-refractivity contribution in [2.45, 2.75) is 0 Å². The molecule has 2 N–H and O–H groups in total. The smallest absolute Gasteiger partial charge is 0.267 e. The first-order chi connectivity index (χ1) is 8.09. The molecule has 0 bridgehead atoms. The molecule has 0 radical (unpaired) electrons. The maximum atomic E-state index is 13.5. The maximum absolute atomic E-state index is 13.5. The number of benzene rings is 1. The minimum Gasteiger partial charge on any atom is -0.336 e. The number of hydrogen-bond donors (Lipinski definition) is 2. The highest BCUT2D eigenvalue weighted by molar-refractivity contribution is 9.11. The van der Waals surface area contributed by atoms with E-state index in [1.165, 1.54) is 12.4 Å². The van der Waals surface area contributed by atoms with Gasteiger partial charge >= 0.3 is 0 Å². The summed E-state index contributed by atoms with van der Waals surface area (Å²) in [4.78, 5) is 17.6. The summed E-state index contributed by atoms with van der Waals surface area (Å²) in [6.07, 6.45) is 1.24. The van der Waals surface area contributed by atoms with Crippen LogP contribution in [0.4, 0.5) is 15.9 Å². The van der Waals surface area contributed by atoms with Crippen LogP contribution in [0.25, 0.3) is 0 Å². The predicted molar refractivity (Wildman–Crippen MR) is 69.9 cm³/mol. The quantitative estimate of drug-likeness (QED) is 0.862. The summed E-state index contributed by atoms with van der Waals surface area (Å²) in [6.45, 7) is 0. The van der Waals surface area contributed by atoms with Gasteiger partial charge in [0.2, 0.25) is 0 Å². The van der Waals surface area contributed by atoms with E-state index in [1.807, 2.05) is 0 Å². The Morgan fingerprint density at radius 1 is 1.35 bits per heavy atom. The van der Waals surface area contributed by atoms with Crippen molar-refractivity contribution >= 4 is 43.4 Å². The third kappa shape index (κ3) is 2.55. The van der Waals surface area contributed by atoms with Crippen molar-refractivity contribution in [1.29, 1.82) is 0 Å². The van der Waals surface area contributed by atoms with Crippen LogP contribution in [0.2, 0.25) is 0 Å². The number of nitrogens with one attached hydrogen (secondary N) is 2. The van der Waals surface area contributed by atoms with Crippen LogP contribution < -0.4 is 10.9 Å². The monoisotopic (exact) mass is 361 g/mol. The molecular formula is C10H6Br2FN3O. The number of aromatic amines is 1. The normalized spacial score (nSPS) is 10.3. The number of halogens is 3. The van der Waals surface area contributed by atoms with Gasteiger partial charge in [-0.3, -0.25) is 4.79 Å². The second-order valence-corrected chi connectivity index (χ2v) is 4.76. The van der Waals surface area contributed by atoms with Crippen LogP contribution in [-0.2, 0) is 0 Å². The Bertz CT molecular complexity index is 594. The van der Waals surface area contributed by atoms with Gasteiger partial charge in [0.1, 0.15) is 10.3 Å². The number of H-pyrrole nitrogens is 1. The van der Waals surface area contributed by atoms with E-state index < -0.39 is 5.82 Å². The van der Waals surface area contributed by atoms with Gasteiger partial charge in [0, 0.05) is 4.47 Å². The van der Waals surface area contributed by atoms with Crippen molar-refractivity contribution in [3.05, 3.63) is 49.6 Å². The third-order valence-electron chi connectivity index (χ3n) is 2.00. The Balaban J connectivity index is 2.45. The molecule has 7 heteroatoms.